The summed E-state index contributed by atoms with van der Waals surface area (Å²) in [6.45, 7) is 5.33. The Morgan fingerprint density at radius 3 is 2.57 bits per heavy atom. The molecule has 1 aliphatic heterocycles. The lowest BCUT2D eigenvalue weighted by Crippen LogP contribution is -2.60. The van der Waals surface area contributed by atoms with Gasteiger partial charge in [0.2, 0.25) is 11.8 Å². The van der Waals surface area contributed by atoms with Gasteiger partial charge in [-0.05, 0) is 57.3 Å². The van der Waals surface area contributed by atoms with Gasteiger partial charge in [0, 0.05) is 0 Å². The average molecular weight is 457 g/mol. The Balaban J connectivity index is 1.62. The Labute approximate surface area is 187 Å². The van der Waals surface area contributed by atoms with Crippen LogP contribution in [-0.4, -0.2) is 32.4 Å². The Morgan fingerprint density at radius 1 is 1.17 bits per heavy atom. The molecule has 1 atom stereocenters. The molecule has 6 nitrogen and oxygen atoms in total. The van der Waals surface area contributed by atoms with Gasteiger partial charge < -0.3 is 5.32 Å². The number of rotatable bonds is 4. The van der Waals surface area contributed by atoms with Crippen molar-refractivity contribution in [2.45, 2.75) is 35.9 Å². The van der Waals surface area contributed by atoms with Gasteiger partial charge in [-0.25, -0.2) is 4.68 Å². The Hall–Kier alpha value is -2.49. The van der Waals surface area contributed by atoms with Crippen LogP contribution >= 0.6 is 35.3 Å². The van der Waals surface area contributed by atoms with E-state index in [0.717, 1.165) is 5.69 Å². The molecular weight excluding hydrogens is 436 g/mol. The third-order valence-corrected chi connectivity index (χ3v) is 7.29. The number of nitrogens with one attached hydrogen (secondary N) is 1. The third-order valence-electron chi connectivity index (χ3n) is 4.88. The quantitative estimate of drug-likeness (QED) is 0.446. The third kappa shape index (κ3) is 3.68. The molecular formula is C21H20N4O2S3. The summed E-state index contributed by atoms with van der Waals surface area (Å²) in [5.41, 5.74) is 1.21. The number of aromatic nitrogens is 2. The van der Waals surface area contributed by atoms with Crippen molar-refractivity contribution in [1.82, 2.24) is 9.78 Å². The van der Waals surface area contributed by atoms with Crippen molar-refractivity contribution in [3.8, 4) is 5.69 Å². The number of amides is 2. The molecule has 154 valence electrons. The van der Waals surface area contributed by atoms with Gasteiger partial charge in [0.15, 0.2) is 8.29 Å². The molecule has 1 aliphatic rings. The predicted octanol–water partition coefficient (Wildman–Crippen LogP) is 4.91. The maximum Gasteiger partial charge on any atom is 0.250 e. The van der Waals surface area contributed by atoms with Gasteiger partial charge in [-0.3, -0.25) is 14.5 Å². The van der Waals surface area contributed by atoms with Crippen molar-refractivity contribution < 1.29 is 9.59 Å². The minimum Gasteiger partial charge on any atom is -0.322 e. The summed E-state index contributed by atoms with van der Waals surface area (Å²) in [5.74, 6) is -0.365. The number of hydrogen-bond donors (Lipinski definition) is 1. The molecule has 4 rings (SSSR count). The number of carbonyl (C=O) groups is 2. The molecule has 0 saturated heterocycles. The molecule has 0 radical (unpaired) electrons. The Bertz CT molecular complexity index is 1170. The number of fused-ring (bicyclic) bond motifs is 1. The van der Waals surface area contributed by atoms with Crippen molar-refractivity contribution in [2.75, 3.05) is 10.2 Å². The average Bonchev–Trinajstić information content (AvgIpc) is 3.09. The second-order valence-corrected chi connectivity index (χ2v) is 10.6. The van der Waals surface area contributed by atoms with E-state index in [2.05, 4.69) is 10.4 Å². The van der Waals surface area contributed by atoms with Crippen LogP contribution in [0.2, 0.25) is 0 Å². The number of para-hydroxylation sites is 3. The first-order valence-electron chi connectivity index (χ1n) is 9.36. The molecule has 30 heavy (non-hydrogen) atoms. The normalized spacial score (nSPS) is 16.0. The lowest BCUT2D eigenvalue weighted by molar-refractivity contribution is -0.126. The fraction of sp³-hybridized carbons (Fsp3) is 0.238. The number of nitrogens with zero attached hydrogens (tertiary/aromatic N) is 3. The van der Waals surface area contributed by atoms with Gasteiger partial charge in [-0.2, -0.15) is 0 Å². The molecule has 1 aromatic heterocycles. The minimum absolute atomic E-state index is 0.153. The van der Waals surface area contributed by atoms with Gasteiger partial charge in [-0.15, -0.1) is 5.10 Å². The van der Waals surface area contributed by atoms with Crippen LogP contribution in [0.5, 0.6) is 0 Å². The largest absolute Gasteiger partial charge is 0.322 e. The summed E-state index contributed by atoms with van der Waals surface area (Å²) in [4.78, 5) is 27.7. The van der Waals surface area contributed by atoms with Gasteiger partial charge in [-0.1, -0.05) is 53.4 Å². The molecule has 1 unspecified atom stereocenters. The first-order valence-corrected chi connectivity index (χ1v) is 11.5. The fourth-order valence-corrected chi connectivity index (χ4v) is 5.82. The molecule has 0 fully saturated rings. The van der Waals surface area contributed by atoms with Crippen LogP contribution in [0, 0.1) is 3.95 Å². The monoisotopic (exact) mass is 456 g/mol. The van der Waals surface area contributed by atoms with E-state index in [1.165, 1.54) is 23.1 Å². The van der Waals surface area contributed by atoms with Crippen LogP contribution in [-0.2, 0) is 9.59 Å². The summed E-state index contributed by atoms with van der Waals surface area (Å²) in [6, 6.07) is 17.0. The van der Waals surface area contributed by atoms with Crippen LogP contribution in [0.25, 0.3) is 5.69 Å². The van der Waals surface area contributed by atoms with E-state index in [9.17, 15) is 9.59 Å². The predicted molar refractivity (Wildman–Crippen MR) is 124 cm³/mol. The Morgan fingerprint density at radius 2 is 1.83 bits per heavy atom. The van der Waals surface area contributed by atoms with Gasteiger partial charge in [0.25, 0.3) is 0 Å². The Kier molecular flexibility index (Phi) is 5.52. The highest BCUT2D eigenvalue weighted by Gasteiger charge is 2.44. The molecule has 2 heterocycles. The van der Waals surface area contributed by atoms with Crippen molar-refractivity contribution in [3.05, 3.63) is 58.6 Å². The van der Waals surface area contributed by atoms with E-state index in [4.69, 9.17) is 12.2 Å². The van der Waals surface area contributed by atoms with Crippen molar-refractivity contribution in [3.63, 3.8) is 0 Å². The van der Waals surface area contributed by atoms with Gasteiger partial charge in [0.1, 0.15) is 5.54 Å². The molecule has 0 saturated carbocycles. The van der Waals surface area contributed by atoms with E-state index in [-0.39, 0.29) is 11.8 Å². The second kappa shape index (κ2) is 7.98. The smallest absolute Gasteiger partial charge is 0.250 e. The van der Waals surface area contributed by atoms with Crippen molar-refractivity contribution in [2.24, 2.45) is 0 Å². The number of anilines is 2. The maximum atomic E-state index is 13.5. The SMILES string of the molecule is CC(Sc1nn(-c2ccccc2)c(=S)s1)C(=O)N1c2ccccc2NC(=O)C1(C)C. The van der Waals surface area contributed by atoms with Crippen LogP contribution in [0.15, 0.2) is 58.9 Å². The number of benzene rings is 2. The van der Waals surface area contributed by atoms with E-state index < -0.39 is 10.8 Å². The molecule has 2 amide bonds. The summed E-state index contributed by atoms with van der Waals surface area (Å²) >= 11 is 8.18. The minimum atomic E-state index is -1.00. The van der Waals surface area contributed by atoms with E-state index in [1.54, 1.807) is 29.5 Å². The van der Waals surface area contributed by atoms with Crippen molar-refractivity contribution >= 4 is 58.5 Å². The van der Waals surface area contributed by atoms with Crippen LogP contribution in [0.4, 0.5) is 11.4 Å². The van der Waals surface area contributed by atoms with E-state index >= 15 is 0 Å². The molecule has 0 aliphatic carbocycles. The number of thioether (sulfide) groups is 1. The summed E-state index contributed by atoms with van der Waals surface area (Å²) in [6.07, 6.45) is 0. The zero-order chi connectivity index (χ0) is 21.5. The standard InChI is InChI=1S/C21H20N4O2S3/c1-13(29-19-23-25(20(28)30-19)14-9-5-4-6-10-14)17(26)24-16-12-8-7-11-15(16)22-18(27)21(24,2)3/h4-13H,1-3H3,(H,22,27). The second-order valence-electron chi connectivity index (χ2n) is 7.35. The summed E-state index contributed by atoms with van der Waals surface area (Å²) in [7, 11) is 0. The van der Waals surface area contributed by atoms with Crippen LogP contribution in [0.3, 0.4) is 0 Å². The zero-order valence-corrected chi connectivity index (χ0v) is 19.1. The summed E-state index contributed by atoms with van der Waals surface area (Å²) < 4.78 is 3.02. The highest BCUT2D eigenvalue weighted by Crippen LogP contribution is 2.39. The first kappa shape index (κ1) is 20.8. The lowest BCUT2D eigenvalue weighted by Gasteiger charge is -2.42. The van der Waals surface area contributed by atoms with Gasteiger partial charge in [0.05, 0.1) is 22.3 Å². The van der Waals surface area contributed by atoms with Crippen molar-refractivity contribution in [1.29, 1.82) is 0 Å². The highest BCUT2D eigenvalue weighted by atomic mass is 32.2. The molecule has 3 aromatic rings. The van der Waals surface area contributed by atoms with Crippen LogP contribution < -0.4 is 10.2 Å². The van der Waals surface area contributed by atoms with E-state index in [0.29, 0.717) is 19.7 Å². The van der Waals surface area contributed by atoms with Crippen LogP contribution in [0.1, 0.15) is 20.8 Å². The molecule has 0 bridgehead atoms. The molecule has 2 aromatic carbocycles. The number of carbonyl (C=O) groups excluding carboxylic acids is 2. The molecule has 9 heteroatoms. The lowest BCUT2D eigenvalue weighted by atomic mass is 9.96. The molecule has 0 spiro atoms. The topological polar surface area (TPSA) is 67.2 Å². The summed E-state index contributed by atoms with van der Waals surface area (Å²) in [5, 5.41) is 7.02. The highest BCUT2D eigenvalue weighted by molar-refractivity contribution is 8.02. The maximum absolute atomic E-state index is 13.5. The number of hydrogen-bond acceptors (Lipinski definition) is 6. The first-order chi connectivity index (χ1) is 14.3. The molecule has 1 N–H and O–H groups in total. The zero-order valence-electron chi connectivity index (χ0n) is 16.7. The van der Waals surface area contributed by atoms with E-state index in [1.807, 2.05) is 55.5 Å². The fourth-order valence-electron chi connectivity index (χ4n) is 3.27. The van der Waals surface area contributed by atoms with Gasteiger partial charge >= 0.3 is 0 Å².